The molecule has 8 nitrogen and oxygen atoms in total. The van der Waals surface area contributed by atoms with E-state index >= 15 is 0 Å². The fourth-order valence-electron chi connectivity index (χ4n) is 4.92. The zero-order chi connectivity index (χ0) is 26.5. The van der Waals surface area contributed by atoms with Crippen molar-refractivity contribution in [2.75, 3.05) is 6.54 Å². The third-order valence-corrected chi connectivity index (χ3v) is 6.76. The third-order valence-electron chi connectivity index (χ3n) is 6.76. The van der Waals surface area contributed by atoms with Crippen molar-refractivity contribution in [2.24, 2.45) is 0 Å². The van der Waals surface area contributed by atoms with Crippen LogP contribution >= 0.6 is 0 Å². The number of hydrogen-bond donors (Lipinski definition) is 0. The maximum absolute atomic E-state index is 12.5. The van der Waals surface area contributed by atoms with Crippen molar-refractivity contribution in [2.45, 2.75) is 66.2 Å². The Balaban J connectivity index is 1.43. The van der Waals surface area contributed by atoms with Gasteiger partial charge in [0.05, 0.1) is 5.56 Å². The van der Waals surface area contributed by atoms with Crippen molar-refractivity contribution < 1.29 is 14.1 Å². The molecule has 2 aromatic heterocycles. The highest BCUT2D eigenvalue weighted by molar-refractivity contribution is 5.90. The van der Waals surface area contributed by atoms with Crippen LogP contribution in [0.4, 0.5) is 4.79 Å². The molecule has 1 aliphatic rings. The quantitative estimate of drug-likeness (QED) is 0.324. The molecule has 0 radical (unpaired) electrons. The summed E-state index contributed by atoms with van der Waals surface area (Å²) in [5, 5.41) is 14.8. The maximum atomic E-state index is 12.5. The van der Waals surface area contributed by atoms with Gasteiger partial charge in [0, 0.05) is 47.4 Å². The van der Waals surface area contributed by atoms with Crippen LogP contribution in [-0.2, 0) is 17.7 Å². The van der Waals surface area contributed by atoms with Crippen LogP contribution in [0.5, 0.6) is 0 Å². The predicted octanol–water partition coefficient (Wildman–Crippen LogP) is 6.41. The molecule has 0 bridgehead atoms. The van der Waals surface area contributed by atoms with Crippen LogP contribution in [0.3, 0.4) is 0 Å². The number of fused-ring (bicyclic) bond motifs is 2. The number of benzene rings is 2. The van der Waals surface area contributed by atoms with Crippen LogP contribution in [0.25, 0.3) is 33.7 Å². The molecule has 4 aromatic rings. The van der Waals surface area contributed by atoms with Gasteiger partial charge in [-0.1, -0.05) is 17.3 Å². The Morgan fingerprint density at radius 2 is 2.00 bits per heavy atom. The Kier molecular flexibility index (Phi) is 6.03. The Morgan fingerprint density at radius 3 is 2.70 bits per heavy atom. The minimum Gasteiger partial charge on any atom is -0.444 e. The van der Waals surface area contributed by atoms with Gasteiger partial charge in [-0.15, -0.1) is 0 Å². The molecule has 0 aliphatic carbocycles. The molecule has 0 N–H and O–H groups in total. The number of carbonyl (C=O) groups is 1. The van der Waals surface area contributed by atoms with E-state index in [1.807, 2.05) is 57.3 Å². The van der Waals surface area contributed by atoms with Crippen LogP contribution in [0.15, 0.2) is 41.1 Å². The molecule has 0 saturated carbocycles. The predicted molar refractivity (Wildman–Crippen MR) is 141 cm³/mol. The molecular weight excluding hydrogens is 466 g/mol. The second-order valence-electron chi connectivity index (χ2n) is 10.8. The van der Waals surface area contributed by atoms with Crippen LogP contribution < -0.4 is 0 Å². The van der Waals surface area contributed by atoms with Crippen LogP contribution in [0.1, 0.15) is 62.9 Å². The average molecular weight is 498 g/mol. The maximum Gasteiger partial charge on any atom is 0.410 e. The van der Waals surface area contributed by atoms with Crippen LogP contribution in [-0.4, -0.2) is 37.8 Å². The van der Waals surface area contributed by atoms with Gasteiger partial charge in [-0.05, 0) is 82.9 Å². The molecule has 190 valence electrons. The molecule has 37 heavy (non-hydrogen) atoms. The summed E-state index contributed by atoms with van der Waals surface area (Å²) in [4.78, 5) is 19.0. The Bertz CT molecular complexity index is 1550. The van der Waals surface area contributed by atoms with E-state index in [0.29, 0.717) is 30.4 Å². The van der Waals surface area contributed by atoms with Gasteiger partial charge >= 0.3 is 6.09 Å². The molecule has 0 fully saturated rings. The summed E-state index contributed by atoms with van der Waals surface area (Å²) >= 11 is 0. The summed E-state index contributed by atoms with van der Waals surface area (Å²) < 4.78 is 13.3. The molecule has 3 heterocycles. The van der Waals surface area contributed by atoms with Gasteiger partial charge in [0.15, 0.2) is 0 Å². The van der Waals surface area contributed by atoms with E-state index < -0.39 is 5.60 Å². The lowest BCUT2D eigenvalue weighted by Crippen LogP contribution is -2.40. The fourth-order valence-corrected chi connectivity index (χ4v) is 4.92. The van der Waals surface area contributed by atoms with Crippen LogP contribution in [0.2, 0.25) is 0 Å². The minimum atomic E-state index is -0.521. The Labute approximate surface area is 216 Å². The van der Waals surface area contributed by atoms with Gasteiger partial charge in [-0.25, -0.2) is 4.79 Å². The third kappa shape index (κ3) is 4.57. The molecule has 0 spiro atoms. The molecule has 5 rings (SSSR count). The lowest BCUT2D eigenvalue weighted by Gasteiger charge is -2.32. The number of amides is 1. The second kappa shape index (κ2) is 9.07. The Morgan fingerprint density at radius 1 is 1.22 bits per heavy atom. The largest absolute Gasteiger partial charge is 0.444 e. The molecule has 0 atom stereocenters. The number of carbonyl (C=O) groups excluding carboxylic acids is 1. The van der Waals surface area contributed by atoms with Crippen molar-refractivity contribution in [3.8, 4) is 28.9 Å². The van der Waals surface area contributed by atoms with E-state index in [4.69, 9.17) is 14.2 Å². The van der Waals surface area contributed by atoms with Crippen molar-refractivity contribution in [1.29, 1.82) is 5.26 Å². The summed E-state index contributed by atoms with van der Waals surface area (Å²) in [5.74, 6) is 0.927. The summed E-state index contributed by atoms with van der Waals surface area (Å²) in [6, 6.07) is 12.4. The van der Waals surface area contributed by atoms with E-state index in [1.54, 1.807) is 4.90 Å². The first-order valence-electron chi connectivity index (χ1n) is 12.5. The normalized spacial score (nSPS) is 13.6. The van der Waals surface area contributed by atoms with E-state index in [0.717, 1.165) is 39.6 Å². The SMILES string of the molecule is Cc1c(-c2noc(-c3ccc4c(c3)c(C#N)cn4C(C)C)n2)ccc2c1CCN(C(=O)OC(C)(C)C)C2. The number of ether oxygens (including phenoxy) is 1. The van der Waals surface area contributed by atoms with E-state index in [1.165, 1.54) is 5.56 Å². The van der Waals surface area contributed by atoms with Gasteiger partial charge < -0.3 is 18.7 Å². The number of nitriles is 1. The standard InChI is InChI=1S/C29H31N5O3/c1-17(2)34-16-21(14-30)24-13-19(8-10-25(24)34)27-31-26(32-37-27)23-9-7-20-15-33(12-11-22(20)18(23)3)28(35)36-29(4,5)6/h7-10,13,16-17H,11-12,15H2,1-6H3. The smallest absolute Gasteiger partial charge is 0.410 e. The van der Waals surface area contributed by atoms with E-state index in [9.17, 15) is 10.1 Å². The van der Waals surface area contributed by atoms with Crippen LogP contribution in [0, 0.1) is 18.3 Å². The lowest BCUT2D eigenvalue weighted by atomic mass is 9.91. The summed E-state index contributed by atoms with van der Waals surface area (Å²) in [6.07, 6.45) is 2.33. The fraction of sp³-hybridized carbons (Fsp3) is 0.379. The highest BCUT2D eigenvalue weighted by Crippen LogP contribution is 2.33. The number of nitrogens with zero attached hydrogens (tertiary/aromatic N) is 5. The monoisotopic (exact) mass is 497 g/mol. The number of hydrogen-bond acceptors (Lipinski definition) is 6. The molecule has 8 heteroatoms. The number of aromatic nitrogens is 3. The molecule has 1 aliphatic heterocycles. The van der Waals surface area contributed by atoms with Gasteiger partial charge in [0.25, 0.3) is 5.89 Å². The van der Waals surface area contributed by atoms with E-state index in [-0.39, 0.29) is 12.1 Å². The average Bonchev–Trinajstić information content (AvgIpc) is 3.48. The highest BCUT2D eigenvalue weighted by atomic mass is 16.6. The zero-order valence-corrected chi connectivity index (χ0v) is 22.1. The first-order valence-corrected chi connectivity index (χ1v) is 12.5. The van der Waals surface area contributed by atoms with Gasteiger partial charge in [0.1, 0.15) is 11.7 Å². The summed E-state index contributed by atoms with van der Waals surface area (Å²) in [6.45, 7) is 13.0. The topological polar surface area (TPSA) is 97.2 Å². The van der Waals surface area contributed by atoms with Gasteiger partial charge in [-0.3, -0.25) is 0 Å². The molecule has 0 unspecified atom stereocenters. The summed E-state index contributed by atoms with van der Waals surface area (Å²) in [7, 11) is 0. The van der Waals surface area contributed by atoms with Crippen molar-refractivity contribution in [1.82, 2.24) is 19.6 Å². The van der Waals surface area contributed by atoms with Crippen molar-refractivity contribution in [3.05, 3.63) is 58.8 Å². The highest BCUT2D eigenvalue weighted by Gasteiger charge is 2.27. The number of rotatable bonds is 3. The lowest BCUT2D eigenvalue weighted by molar-refractivity contribution is 0.0224. The first kappa shape index (κ1) is 24.6. The summed E-state index contributed by atoms with van der Waals surface area (Å²) in [5.41, 5.74) is 6.18. The molecule has 2 aromatic carbocycles. The van der Waals surface area contributed by atoms with Gasteiger partial charge in [0.2, 0.25) is 5.82 Å². The zero-order valence-electron chi connectivity index (χ0n) is 22.1. The molecular formula is C29H31N5O3. The Hall–Kier alpha value is -4.12. The van der Waals surface area contributed by atoms with Gasteiger partial charge in [-0.2, -0.15) is 10.2 Å². The van der Waals surface area contributed by atoms with Crippen molar-refractivity contribution in [3.63, 3.8) is 0 Å². The minimum absolute atomic E-state index is 0.244. The second-order valence-corrected chi connectivity index (χ2v) is 10.8. The first-order chi connectivity index (χ1) is 17.6. The molecule has 0 saturated heterocycles. The van der Waals surface area contributed by atoms with E-state index in [2.05, 4.69) is 36.6 Å². The molecule has 1 amide bonds. The van der Waals surface area contributed by atoms with Crippen molar-refractivity contribution >= 4 is 17.0 Å².